The Bertz CT molecular complexity index is 978. The first-order chi connectivity index (χ1) is 11.0. The lowest BCUT2D eigenvalue weighted by Crippen LogP contribution is -2.24. The van der Waals surface area contributed by atoms with Crippen LogP contribution in [0.2, 0.25) is 0 Å². The SMILES string of the molecule is CCCCn1nc2c(=O)n(-c3cccc(C)c3C)ccn2c1=O. The van der Waals surface area contributed by atoms with Gasteiger partial charge in [-0.3, -0.25) is 9.36 Å². The Labute approximate surface area is 133 Å². The zero-order valence-corrected chi connectivity index (χ0v) is 13.6. The molecule has 0 aliphatic carbocycles. The van der Waals surface area contributed by atoms with E-state index in [-0.39, 0.29) is 16.9 Å². The molecule has 120 valence electrons. The normalized spacial score (nSPS) is 11.3. The van der Waals surface area contributed by atoms with Crippen molar-refractivity contribution in [2.24, 2.45) is 0 Å². The van der Waals surface area contributed by atoms with Gasteiger partial charge in [0.05, 0.1) is 5.69 Å². The molecule has 2 aromatic heterocycles. The molecule has 0 N–H and O–H groups in total. The van der Waals surface area contributed by atoms with E-state index in [4.69, 9.17) is 0 Å². The van der Waals surface area contributed by atoms with E-state index in [0.717, 1.165) is 29.7 Å². The summed E-state index contributed by atoms with van der Waals surface area (Å²) in [5.74, 6) is 0. The average molecular weight is 312 g/mol. The first-order valence-corrected chi connectivity index (χ1v) is 7.82. The third kappa shape index (κ3) is 2.50. The quantitative estimate of drug-likeness (QED) is 0.741. The Morgan fingerprint density at radius 1 is 1.13 bits per heavy atom. The molecule has 0 atom stereocenters. The van der Waals surface area contributed by atoms with E-state index < -0.39 is 0 Å². The van der Waals surface area contributed by atoms with Crippen LogP contribution in [-0.4, -0.2) is 18.7 Å². The van der Waals surface area contributed by atoms with Crippen LogP contribution in [0.1, 0.15) is 30.9 Å². The average Bonchev–Trinajstić information content (AvgIpc) is 2.86. The van der Waals surface area contributed by atoms with E-state index in [2.05, 4.69) is 5.10 Å². The number of aryl methyl sites for hydroxylation is 2. The predicted octanol–water partition coefficient (Wildman–Crippen LogP) is 2.06. The van der Waals surface area contributed by atoms with Crippen molar-refractivity contribution in [2.45, 2.75) is 40.2 Å². The molecule has 3 rings (SSSR count). The van der Waals surface area contributed by atoms with Gasteiger partial charge in [-0.15, -0.1) is 5.10 Å². The highest BCUT2D eigenvalue weighted by Gasteiger charge is 2.13. The van der Waals surface area contributed by atoms with Crippen LogP contribution in [0.4, 0.5) is 0 Å². The predicted molar refractivity (Wildman–Crippen MR) is 89.4 cm³/mol. The second kappa shape index (κ2) is 5.87. The van der Waals surface area contributed by atoms with Gasteiger partial charge in [-0.25, -0.2) is 13.9 Å². The lowest BCUT2D eigenvalue weighted by atomic mass is 10.1. The third-order valence-corrected chi connectivity index (χ3v) is 4.20. The molecule has 6 heteroatoms. The Morgan fingerprint density at radius 3 is 2.65 bits per heavy atom. The number of fused-ring (bicyclic) bond motifs is 1. The number of nitrogens with zero attached hydrogens (tertiary/aromatic N) is 4. The van der Waals surface area contributed by atoms with Gasteiger partial charge in [0.1, 0.15) is 0 Å². The van der Waals surface area contributed by atoms with Gasteiger partial charge in [0.15, 0.2) is 0 Å². The van der Waals surface area contributed by atoms with Crippen LogP contribution in [0.25, 0.3) is 11.3 Å². The number of benzene rings is 1. The first-order valence-electron chi connectivity index (χ1n) is 7.82. The molecule has 2 heterocycles. The van der Waals surface area contributed by atoms with E-state index in [1.165, 1.54) is 9.08 Å². The van der Waals surface area contributed by atoms with Gasteiger partial charge >= 0.3 is 11.2 Å². The van der Waals surface area contributed by atoms with E-state index in [0.29, 0.717) is 6.54 Å². The van der Waals surface area contributed by atoms with Crippen LogP contribution >= 0.6 is 0 Å². The van der Waals surface area contributed by atoms with Crippen LogP contribution in [-0.2, 0) is 6.54 Å². The largest absolute Gasteiger partial charge is 0.350 e. The Balaban J connectivity index is 2.22. The monoisotopic (exact) mass is 312 g/mol. The molecule has 0 aliphatic rings. The summed E-state index contributed by atoms with van der Waals surface area (Å²) in [5.41, 5.74) is 2.57. The highest BCUT2D eigenvalue weighted by atomic mass is 16.2. The minimum Gasteiger partial charge on any atom is -0.279 e. The molecule has 0 aliphatic heterocycles. The van der Waals surface area contributed by atoms with Crippen LogP contribution in [0.5, 0.6) is 0 Å². The van der Waals surface area contributed by atoms with E-state index >= 15 is 0 Å². The molecular weight excluding hydrogens is 292 g/mol. The van der Waals surface area contributed by atoms with Crippen molar-refractivity contribution in [3.63, 3.8) is 0 Å². The van der Waals surface area contributed by atoms with E-state index in [1.54, 1.807) is 17.0 Å². The molecule has 0 spiro atoms. The zero-order chi connectivity index (χ0) is 16.6. The molecule has 3 aromatic rings. The second-order valence-corrected chi connectivity index (χ2v) is 5.75. The van der Waals surface area contributed by atoms with Gasteiger partial charge in [-0.1, -0.05) is 25.5 Å². The molecule has 0 amide bonds. The molecule has 6 nitrogen and oxygen atoms in total. The summed E-state index contributed by atoms with van der Waals surface area (Å²) in [6.45, 7) is 6.56. The molecule has 0 radical (unpaired) electrons. The number of aromatic nitrogens is 4. The maximum Gasteiger partial charge on any atom is 0.350 e. The van der Waals surface area contributed by atoms with Crippen molar-refractivity contribution in [3.05, 3.63) is 62.6 Å². The zero-order valence-electron chi connectivity index (χ0n) is 13.6. The van der Waals surface area contributed by atoms with Crippen molar-refractivity contribution >= 4 is 5.65 Å². The topological polar surface area (TPSA) is 61.3 Å². The fraction of sp³-hybridized carbons (Fsp3) is 0.353. The van der Waals surface area contributed by atoms with Crippen LogP contribution < -0.4 is 11.2 Å². The summed E-state index contributed by atoms with van der Waals surface area (Å²) < 4.78 is 4.24. The highest BCUT2D eigenvalue weighted by molar-refractivity contribution is 5.47. The van der Waals surface area contributed by atoms with Gasteiger partial charge in [0, 0.05) is 18.9 Å². The molecule has 0 bridgehead atoms. The molecule has 23 heavy (non-hydrogen) atoms. The van der Waals surface area contributed by atoms with Crippen molar-refractivity contribution in [2.75, 3.05) is 0 Å². The van der Waals surface area contributed by atoms with Crippen LogP contribution in [0, 0.1) is 13.8 Å². The molecule has 0 saturated carbocycles. The Hall–Kier alpha value is -2.63. The maximum atomic E-state index is 12.8. The van der Waals surface area contributed by atoms with E-state index in [1.807, 2.05) is 39.0 Å². The molecule has 0 fully saturated rings. The third-order valence-electron chi connectivity index (χ3n) is 4.20. The summed E-state index contributed by atoms with van der Waals surface area (Å²) >= 11 is 0. The minimum atomic E-state index is -0.284. The highest BCUT2D eigenvalue weighted by Crippen LogP contribution is 2.15. The summed E-state index contributed by atoms with van der Waals surface area (Å²) in [6.07, 6.45) is 5.06. The van der Waals surface area contributed by atoms with Gasteiger partial charge in [-0.2, -0.15) is 0 Å². The lowest BCUT2D eigenvalue weighted by molar-refractivity contribution is 0.554. The van der Waals surface area contributed by atoms with E-state index in [9.17, 15) is 9.59 Å². The number of hydrogen-bond donors (Lipinski definition) is 0. The molecule has 1 aromatic carbocycles. The number of hydrogen-bond acceptors (Lipinski definition) is 3. The van der Waals surface area contributed by atoms with Gasteiger partial charge < -0.3 is 0 Å². The molecular formula is C17H20N4O2. The smallest absolute Gasteiger partial charge is 0.279 e. The van der Waals surface area contributed by atoms with Crippen molar-refractivity contribution in [1.29, 1.82) is 0 Å². The van der Waals surface area contributed by atoms with Gasteiger partial charge in [0.2, 0.25) is 5.65 Å². The van der Waals surface area contributed by atoms with Crippen molar-refractivity contribution in [1.82, 2.24) is 18.7 Å². The summed E-state index contributed by atoms with van der Waals surface area (Å²) in [7, 11) is 0. The molecule has 0 unspecified atom stereocenters. The fourth-order valence-electron chi connectivity index (χ4n) is 2.65. The first kappa shape index (κ1) is 15.3. The second-order valence-electron chi connectivity index (χ2n) is 5.75. The summed E-state index contributed by atoms with van der Waals surface area (Å²) in [5, 5.41) is 4.22. The minimum absolute atomic E-state index is 0.162. The van der Waals surface area contributed by atoms with Crippen molar-refractivity contribution < 1.29 is 0 Å². The lowest BCUT2D eigenvalue weighted by Gasteiger charge is -2.10. The Kier molecular flexibility index (Phi) is 3.90. The van der Waals surface area contributed by atoms with Gasteiger partial charge in [0.25, 0.3) is 0 Å². The Morgan fingerprint density at radius 2 is 1.91 bits per heavy atom. The molecule has 0 saturated heterocycles. The van der Waals surface area contributed by atoms with Crippen LogP contribution in [0.3, 0.4) is 0 Å². The number of unbranched alkanes of at least 4 members (excludes halogenated alkanes) is 1. The summed E-state index contributed by atoms with van der Waals surface area (Å²) in [4.78, 5) is 25.0. The van der Waals surface area contributed by atoms with Crippen molar-refractivity contribution in [3.8, 4) is 5.69 Å². The fourth-order valence-corrected chi connectivity index (χ4v) is 2.65. The number of rotatable bonds is 4. The standard InChI is InChI=1S/C17H20N4O2/c1-4-5-9-21-17(23)20-11-10-19(16(22)15(20)18-21)14-8-6-7-12(2)13(14)3/h6-8,10-11H,4-5,9H2,1-3H3. The van der Waals surface area contributed by atoms with Gasteiger partial charge in [-0.05, 0) is 37.5 Å². The van der Waals surface area contributed by atoms with Crippen LogP contribution in [0.15, 0.2) is 40.2 Å². The summed E-state index contributed by atoms with van der Waals surface area (Å²) in [6, 6.07) is 5.82. The maximum absolute atomic E-state index is 12.8.